The van der Waals surface area contributed by atoms with Gasteiger partial charge in [-0.05, 0) is 33.6 Å². The van der Waals surface area contributed by atoms with Crippen molar-refractivity contribution >= 4 is 11.9 Å². The average Bonchev–Trinajstić information content (AvgIpc) is 2.23. The van der Waals surface area contributed by atoms with E-state index in [1.165, 1.54) is 0 Å². The van der Waals surface area contributed by atoms with Gasteiger partial charge in [-0.1, -0.05) is 0 Å². The predicted molar refractivity (Wildman–Crippen MR) is 63.8 cm³/mol. The lowest BCUT2D eigenvalue weighted by atomic mass is 10.2. The molecule has 0 spiro atoms. The molecule has 6 nitrogen and oxygen atoms in total. The largest absolute Gasteiger partial charge is 0.478 e. The highest BCUT2D eigenvalue weighted by molar-refractivity contribution is 5.90. The number of unbranched alkanes of at least 4 members (excludes halogenated alkanes) is 1. The minimum Gasteiger partial charge on any atom is -0.478 e. The first-order valence-corrected chi connectivity index (χ1v) is 5.69. The number of esters is 1. The normalized spacial score (nSPS) is 11.7. The molecular weight excluding hydrogens is 240 g/mol. The summed E-state index contributed by atoms with van der Waals surface area (Å²) in [7, 11) is 0. The van der Waals surface area contributed by atoms with Gasteiger partial charge in [-0.2, -0.15) is 0 Å². The summed E-state index contributed by atoms with van der Waals surface area (Å²) in [4.78, 5) is 31.0. The average molecular weight is 260 g/mol. The molecule has 0 heterocycles. The maximum absolute atomic E-state index is 10.9. The van der Waals surface area contributed by atoms with Gasteiger partial charge in [-0.3, -0.25) is 0 Å². The maximum atomic E-state index is 10.9. The fourth-order valence-electron chi connectivity index (χ4n) is 0.842. The molecule has 0 aromatic carbocycles. The molecule has 0 bridgehead atoms. The standard InChI is InChI=1S/C12H20O6/c1-12(2,3)18-17-9-5-4-8-16-11(15)7-6-10(13)14/h6-7H,4-5,8-9H2,1-3H3,(H,13,14). The van der Waals surface area contributed by atoms with Gasteiger partial charge in [0.15, 0.2) is 0 Å². The first kappa shape index (κ1) is 16.6. The van der Waals surface area contributed by atoms with Crippen molar-refractivity contribution in [1.82, 2.24) is 0 Å². The highest BCUT2D eigenvalue weighted by atomic mass is 17.2. The van der Waals surface area contributed by atoms with Crippen LogP contribution in [0.2, 0.25) is 0 Å². The van der Waals surface area contributed by atoms with E-state index in [0.717, 1.165) is 12.2 Å². The van der Waals surface area contributed by atoms with Crippen LogP contribution in [0, 0.1) is 0 Å². The minimum absolute atomic E-state index is 0.224. The molecule has 0 aliphatic rings. The summed E-state index contributed by atoms with van der Waals surface area (Å²) in [5.74, 6) is -1.84. The predicted octanol–water partition coefficient (Wildman–Crippen LogP) is 1.70. The van der Waals surface area contributed by atoms with Crippen LogP contribution in [-0.2, 0) is 24.1 Å². The van der Waals surface area contributed by atoms with Crippen molar-refractivity contribution < 1.29 is 29.2 Å². The molecule has 0 unspecified atom stereocenters. The molecule has 1 N–H and O–H groups in total. The summed E-state index contributed by atoms with van der Waals surface area (Å²) < 4.78 is 4.75. The van der Waals surface area contributed by atoms with E-state index in [1.54, 1.807) is 0 Å². The zero-order valence-electron chi connectivity index (χ0n) is 11.0. The van der Waals surface area contributed by atoms with Gasteiger partial charge in [-0.25, -0.2) is 19.4 Å². The molecule has 104 valence electrons. The summed E-state index contributed by atoms with van der Waals surface area (Å²) in [6.07, 6.45) is 2.93. The highest BCUT2D eigenvalue weighted by Crippen LogP contribution is 2.07. The molecule has 0 radical (unpaired) electrons. The van der Waals surface area contributed by atoms with Crippen LogP contribution < -0.4 is 0 Å². The minimum atomic E-state index is -1.18. The van der Waals surface area contributed by atoms with E-state index in [9.17, 15) is 9.59 Å². The highest BCUT2D eigenvalue weighted by Gasteiger charge is 2.10. The van der Waals surface area contributed by atoms with Gasteiger partial charge in [0.1, 0.15) is 0 Å². The summed E-state index contributed by atoms with van der Waals surface area (Å²) in [6, 6.07) is 0. The Balaban J connectivity index is 3.41. The summed E-state index contributed by atoms with van der Waals surface area (Å²) in [6.45, 7) is 6.28. The van der Waals surface area contributed by atoms with Gasteiger partial charge >= 0.3 is 11.9 Å². The first-order valence-electron chi connectivity index (χ1n) is 5.69. The zero-order chi connectivity index (χ0) is 14.0. The number of carboxylic acid groups (broad SMARTS) is 1. The van der Waals surface area contributed by atoms with E-state index < -0.39 is 11.9 Å². The van der Waals surface area contributed by atoms with Crippen LogP contribution >= 0.6 is 0 Å². The number of ether oxygens (including phenoxy) is 1. The summed E-state index contributed by atoms with van der Waals surface area (Å²) in [5, 5.41) is 8.27. The van der Waals surface area contributed by atoms with E-state index >= 15 is 0 Å². The van der Waals surface area contributed by atoms with E-state index in [-0.39, 0.29) is 12.2 Å². The van der Waals surface area contributed by atoms with Crippen molar-refractivity contribution in [1.29, 1.82) is 0 Å². The van der Waals surface area contributed by atoms with Crippen molar-refractivity contribution in [3.05, 3.63) is 12.2 Å². The molecule has 0 aliphatic heterocycles. The summed E-state index contributed by atoms with van der Waals surface area (Å²) >= 11 is 0. The smallest absolute Gasteiger partial charge is 0.331 e. The molecule has 0 saturated heterocycles. The van der Waals surface area contributed by atoms with Crippen molar-refractivity contribution in [2.45, 2.75) is 39.2 Å². The number of hydrogen-bond donors (Lipinski definition) is 1. The van der Waals surface area contributed by atoms with Gasteiger partial charge in [0.05, 0.1) is 18.8 Å². The lowest BCUT2D eigenvalue weighted by Crippen LogP contribution is -2.19. The Bertz CT molecular complexity index is 289. The molecular formula is C12H20O6. The van der Waals surface area contributed by atoms with E-state index in [2.05, 4.69) is 0 Å². The Morgan fingerprint density at radius 2 is 1.72 bits per heavy atom. The third-order valence-electron chi connectivity index (χ3n) is 1.54. The van der Waals surface area contributed by atoms with Crippen LogP contribution in [0.5, 0.6) is 0 Å². The summed E-state index contributed by atoms with van der Waals surface area (Å²) in [5.41, 5.74) is -0.339. The third-order valence-corrected chi connectivity index (χ3v) is 1.54. The molecule has 18 heavy (non-hydrogen) atoms. The zero-order valence-corrected chi connectivity index (χ0v) is 11.0. The number of carbonyl (C=O) groups excluding carboxylic acids is 1. The SMILES string of the molecule is CC(C)(C)OOCCCCOC(=O)C=CC(=O)O. The fourth-order valence-corrected chi connectivity index (χ4v) is 0.842. The topological polar surface area (TPSA) is 82.1 Å². The molecule has 0 atom stereocenters. The third kappa shape index (κ3) is 12.7. The Hall–Kier alpha value is -1.40. The second-order valence-electron chi connectivity index (χ2n) is 4.56. The number of hydrogen-bond acceptors (Lipinski definition) is 5. The van der Waals surface area contributed by atoms with Crippen molar-refractivity contribution in [3.63, 3.8) is 0 Å². The van der Waals surface area contributed by atoms with Gasteiger partial charge < -0.3 is 9.84 Å². The molecule has 0 aromatic rings. The lowest BCUT2D eigenvalue weighted by Gasteiger charge is -2.17. The molecule has 0 amide bonds. The Kier molecular flexibility index (Phi) is 7.98. The second-order valence-corrected chi connectivity index (χ2v) is 4.56. The molecule has 0 saturated carbocycles. The Labute approximate surface area is 106 Å². The van der Waals surface area contributed by atoms with Crippen LogP contribution in [0.25, 0.3) is 0 Å². The van der Waals surface area contributed by atoms with Gasteiger partial charge in [0, 0.05) is 12.2 Å². The van der Waals surface area contributed by atoms with Gasteiger partial charge in [0.25, 0.3) is 0 Å². The van der Waals surface area contributed by atoms with E-state index in [0.29, 0.717) is 19.4 Å². The Morgan fingerprint density at radius 3 is 2.28 bits per heavy atom. The number of rotatable bonds is 8. The quantitative estimate of drug-likeness (QED) is 0.235. The number of aliphatic carboxylic acids is 1. The van der Waals surface area contributed by atoms with Crippen LogP contribution in [0.4, 0.5) is 0 Å². The molecule has 0 aromatic heterocycles. The van der Waals surface area contributed by atoms with Crippen LogP contribution in [0.1, 0.15) is 33.6 Å². The van der Waals surface area contributed by atoms with Crippen LogP contribution in [0.15, 0.2) is 12.2 Å². The lowest BCUT2D eigenvalue weighted by molar-refractivity contribution is -0.348. The maximum Gasteiger partial charge on any atom is 0.331 e. The number of carbonyl (C=O) groups is 2. The van der Waals surface area contributed by atoms with E-state index in [1.807, 2.05) is 20.8 Å². The monoisotopic (exact) mass is 260 g/mol. The van der Waals surface area contributed by atoms with Crippen LogP contribution in [-0.4, -0.2) is 35.9 Å². The molecule has 0 aliphatic carbocycles. The number of carboxylic acids is 1. The molecule has 0 rings (SSSR count). The van der Waals surface area contributed by atoms with Crippen molar-refractivity contribution in [2.24, 2.45) is 0 Å². The molecule has 6 heteroatoms. The van der Waals surface area contributed by atoms with E-state index in [4.69, 9.17) is 19.6 Å². The van der Waals surface area contributed by atoms with Crippen molar-refractivity contribution in [2.75, 3.05) is 13.2 Å². The second kappa shape index (κ2) is 8.66. The fraction of sp³-hybridized carbons (Fsp3) is 0.667. The van der Waals surface area contributed by atoms with Crippen LogP contribution in [0.3, 0.4) is 0 Å². The van der Waals surface area contributed by atoms with Gasteiger partial charge in [-0.15, -0.1) is 0 Å². The Morgan fingerprint density at radius 1 is 1.11 bits per heavy atom. The van der Waals surface area contributed by atoms with Crippen molar-refractivity contribution in [3.8, 4) is 0 Å². The molecule has 0 fully saturated rings. The first-order chi connectivity index (χ1) is 8.31. The van der Waals surface area contributed by atoms with Gasteiger partial charge in [0.2, 0.25) is 0 Å².